The van der Waals surface area contributed by atoms with Crippen LogP contribution in [0.3, 0.4) is 0 Å². The summed E-state index contributed by atoms with van der Waals surface area (Å²) in [7, 11) is 1.31. The highest BCUT2D eigenvalue weighted by Gasteiger charge is 2.35. The maximum atomic E-state index is 12.5. The molecule has 1 aromatic rings. The number of amides is 3. The summed E-state index contributed by atoms with van der Waals surface area (Å²) < 4.78 is 34.2. The quantitative estimate of drug-likeness (QED) is 0.643. The van der Waals surface area contributed by atoms with Gasteiger partial charge in [-0.1, -0.05) is 12.5 Å². The highest BCUT2D eigenvalue weighted by Crippen LogP contribution is 2.35. The molecule has 1 heterocycles. The van der Waals surface area contributed by atoms with Crippen molar-refractivity contribution in [1.29, 1.82) is 0 Å². The van der Waals surface area contributed by atoms with E-state index in [-0.39, 0.29) is 41.3 Å². The number of rotatable bonds is 8. The van der Waals surface area contributed by atoms with Crippen molar-refractivity contribution in [2.75, 3.05) is 20.2 Å². The third-order valence-corrected chi connectivity index (χ3v) is 5.59. The molecular weight excluding hydrogens is 406 g/mol. The summed E-state index contributed by atoms with van der Waals surface area (Å²) in [6.07, 6.45) is 4.28. The Balaban J connectivity index is 1.63. The van der Waals surface area contributed by atoms with Crippen LogP contribution < -0.4 is 14.8 Å². The van der Waals surface area contributed by atoms with Gasteiger partial charge in [-0.3, -0.25) is 19.3 Å². The molecule has 2 aliphatic rings. The first-order valence-electron chi connectivity index (χ1n) is 9.05. The first kappa shape index (κ1) is 21.1. The van der Waals surface area contributed by atoms with Crippen LogP contribution in [0.4, 0.5) is 13.6 Å². The van der Waals surface area contributed by atoms with Crippen molar-refractivity contribution in [3.8, 4) is 11.5 Å². The molecule has 1 N–H and O–H groups in total. The number of nitrogens with zero attached hydrogens (tertiary/aromatic N) is 1. The molecule has 10 heteroatoms. The first-order chi connectivity index (χ1) is 13.9. The van der Waals surface area contributed by atoms with E-state index in [1.54, 1.807) is 0 Å². The summed E-state index contributed by atoms with van der Waals surface area (Å²) in [5, 5.41) is 2.32. The number of alkyl halides is 2. The molecule has 3 amide bonds. The van der Waals surface area contributed by atoms with Gasteiger partial charge in [0.25, 0.3) is 11.1 Å². The molecule has 0 aromatic heterocycles. The fraction of sp³-hybridized carbons (Fsp3) is 0.421. The second-order valence-corrected chi connectivity index (χ2v) is 7.53. The fourth-order valence-electron chi connectivity index (χ4n) is 2.92. The Kier molecular flexibility index (Phi) is 6.73. The number of thioether (sulfide) groups is 1. The summed E-state index contributed by atoms with van der Waals surface area (Å²) in [4.78, 5) is 37.8. The lowest BCUT2D eigenvalue weighted by Gasteiger charge is -2.24. The Morgan fingerprint density at radius 2 is 2.10 bits per heavy atom. The second kappa shape index (κ2) is 9.25. The van der Waals surface area contributed by atoms with Crippen LogP contribution in [0.25, 0.3) is 6.08 Å². The predicted molar refractivity (Wildman–Crippen MR) is 103 cm³/mol. The Hall–Kier alpha value is -2.62. The summed E-state index contributed by atoms with van der Waals surface area (Å²) >= 11 is 0.780. The van der Waals surface area contributed by atoms with Crippen molar-refractivity contribution in [2.45, 2.75) is 25.9 Å². The molecule has 7 nitrogen and oxygen atoms in total. The number of ether oxygens (including phenoxy) is 2. The molecular formula is C19H20F2N2O5S. The van der Waals surface area contributed by atoms with Crippen molar-refractivity contribution in [2.24, 2.45) is 5.92 Å². The minimum absolute atomic E-state index is 0.0387. The molecule has 1 saturated carbocycles. The van der Waals surface area contributed by atoms with Gasteiger partial charge >= 0.3 is 6.61 Å². The van der Waals surface area contributed by atoms with Gasteiger partial charge in [0.05, 0.1) is 12.0 Å². The van der Waals surface area contributed by atoms with Crippen molar-refractivity contribution in [3.63, 3.8) is 0 Å². The Morgan fingerprint density at radius 3 is 2.72 bits per heavy atom. The Morgan fingerprint density at radius 1 is 1.34 bits per heavy atom. The van der Waals surface area contributed by atoms with Gasteiger partial charge in [0.15, 0.2) is 11.5 Å². The molecule has 1 aromatic carbocycles. The highest BCUT2D eigenvalue weighted by molar-refractivity contribution is 8.18. The van der Waals surface area contributed by atoms with E-state index in [1.807, 2.05) is 0 Å². The summed E-state index contributed by atoms with van der Waals surface area (Å²) in [5.74, 6) is -0.523. The van der Waals surface area contributed by atoms with Gasteiger partial charge in [-0.15, -0.1) is 0 Å². The molecule has 0 radical (unpaired) electrons. The molecule has 0 unspecified atom stereocenters. The van der Waals surface area contributed by atoms with E-state index in [4.69, 9.17) is 4.74 Å². The maximum Gasteiger partial charge on any atom is 0.387 e. The van der Waals surface area contributed by atoms with Crippen LogP contribution in [0.15, 0.2) is 23.1 Å². The smallest absolute Gasteiger partial charge is 0.387 e. The van der Waals surface area contributed by atoms with Gasteiger partial charge in [-0.25, -0.2) is 0 Å². The van der Waals surface area contributed by atoms with Gasteiger partial charge in [0.1, 0.15) is 0 Å². The van der Waals surface area contributed by atoms with Crippen molar-refractivity contribution < 1.29 is 32.6 Å². The number of halogens is 2. The van der Waals surface area contributed by atoms with Crippen molar-refractivity contribution >= 4 is 34.9 Å². The zero-order valence-corrected chi connectivity index (χ0v) is 16.5. The van der Waals surface area contributed by atoms with Gasteiger partial charge in [-0.05, 0) is 48.4 Å². The monoisotopic (exact) mass is 426 g/mol. The fourth-order valence-corrected chi connectivity index (χ4v) is 3.78. The lowest BCUT2D eigenvalue weighted by Crippen LogP contribution is -2.40. The van der Waals surface area contributed by atoms with E-state index < -0.39 is 17.8 Å². The van der Waals surface area contributed by atoms with Crippen molar-refractivity contribution in [3.05, 3.63) is 28.7 Å². The van der Waals surface area contributed by atoms with E-state index in [2.05, 4.69) is 10.1 Å². The van der Waals surface area contributed by atoms with Crippen LogP contribution in [-0.2, 0) is 9.59 Å². The zero-order chi connectivity index (χ0) is 21.0. The molecule has 2 fully saturated rings. The minimum atomic E-state index is -2.99. The van der Waals surface area contributed by atoms with Crippen LogP contribution in [0.2, 0.25) is 0 Å². The van der Waals surface area contributed by atoms with E-state index in [0.717, 1.165) is 35.9 Å². The number of benzene rings is 1. The van der Waals surface area contributed by atoms with E-state index in [9.17, 15) is 23.2 Å². The summed E-state index contributed by atoms with van der Waals surface area (Å²) in [5.41, 5.74) is 0.493. The van der Waals surface area contributed by atoms with Crippen LogP contribution in [0.5, 0.6) is 11.5 Å². The average Bonchev–Trinajstić information content (AvgIpc) is 2.88. The summed E-state index contributed by atoms with van der Waals surface area (Å²) in [6.45, 7) is -2.70. The standard InChI is InChI=1S/C19H20F2N2O5S/c1-27-14-9-11(5-6-13(14)28-18(20)21)10-15-17(25)23(19(26)29-15)8-7-22-16(24)12-3-2-4-12/h5-6,9-10,12,18H,2-4,7-8H2,1H3,(H,22,24)/b15-10+. The van der Waals surface area contributed by atoms with Crippen LogP contribution in [-0.4, -0.2) is 48.8 Å². The van der Waals surface area contributed by atoms with Crippen molar-refractivity contribution in [1.82, 2.24) is 10.2 Å². The number of hydrogen-bond acceptors (Lipinski definition) is 6. The van der Waals surface area contributed by atoms with Crippen LogP contribution in [0.1, 0.15) is 24.8 Å². The zero-order valence-electron chi connectivity index (χ0n) is 15.7. The average molecular weight is 426 g/mol. The molecule has 29 heavy (non-hydrogen) atoms. The topological polar surface area (TPSA) is 84.9 Å². The van der Waals surface area contributed by atoms with Gasteiger partial charge in [0, 0.05) is 19.0 Å². The number of nitrogens with one attached hydrogen (secondary N) is 1. The molecule has 0 spiro atoms. The van der Waals surface area contributed by atoms with E-state index in [0.29, 0.717) is 5.56 Å². The Labute approximate surface area is 170 Å². The van der Waals surface area contributed by atoms with Gasteiger partial charge in [0.2, 0.25) is 5.91 Å². The predicted octanol–water partition coefficient (Wildman–Crippen LogP) is 3.25. The third kappa shape index (κ3) is 5.06. The molecule has 0 atom stereocenters. The minimum Gasteiger partial charge on any atom is -0.493 e. The van der Waals surface area contributed by atoms with Crippen LogP contribution >= 0.6 is 11.8 Å². The van der Waals surface area contributed by atoms with Crippen LogP contribution in [0, 0.1) is 5.92 Å². The largest absolute Gasteiger partial charge is 0.493 e. The first-order valence-corrected chi connectivity index (χ1v) is 9.86. The molecule has 156 valence electrons. The van der Waals surface area contributed by atoms with Gasteiger partial charge in [-0.2, -0.15) is 8.78 Å². The normalized spacial score (nSPS) is 18.3. The van der Waals surface area contributed by atoms with E-state index in [1.165, 1.54) is 31.4 Å². The molecule has 3 rings (SSSR count). The van der Waals surface area contributed by atoms with E-state index >= 15 is 0 Å². The number of imide groups is 1. The lowest BCUT2D eigenvalue weighted by molar-refractivity contribution is -0.128. The van der Waals surface area contributed by atoms with Gasteiger partial charge < -0.3 is 14.8 Å². The molecule has 1 aliphatic heterocycles. The molecule has 1 saturated heterocycles. The lowest BCUT2D eigenvalue weighted by atomic mass is 9.85. The Bertz CT molecular complexity index is 842. The number of carbonyl (C=O) groups excluding carboxylic acids is 3. The molecule has 1 aliphatic carbocycles. The number of hydrogen-bond donors (Lipinski definition) is 1. The highest BCUT2D eigenvalue weighted by atomic mass is 32.2. The number of methoxy groups -OCH3 is 1. The summed E-state index contributed by atoms with van der Waals surface area (Å²) in [6, 6.07) is 4.22. The SMILES string of the molecule is COc1cc(/C=C2/SC(=O)N(CCNC(=O)C3CCC3)C2=O)ccc1OC(F)F. The third-order valence-electron chi connectivity index (χ3n) is 4.69. The maximum absolute atomic E-state index is 12.5. The molecule has 0 bridgehead atoms. The number of carbonyl (C=O) groups is 3. The second-order valence-electron chi connectivity index (χ2n) is 6.54.